The summed E-state index contributed by atoms with van der Waals surface area (Å²) in [5, 5.41) is 11.4. The fraction of sp³-hybridized carbons (Fsp3) is 0.409. The number of fused-ring (bicyclic) bond motifs is 3. The van der Waals surface area contributed by atoms with Crippen LogP contribution < -0.4 is 25.5 Å². The Morgan fingerprint density at radius 3 is 2.69 bits per heavy atom. The molecule has 3 N–H and O–H groups in total. The molecule has 1 saturated heterocycles. The number of carbonyl (C=O) groups is 1. The first-order valence-electron chi connectivity index (χ1n) is 11.2. The van der Waals surface area contributed by atoms with Crippen LogP contribution in [0.15, 0.2) is 24.4 Å². The van der Waals surface area contributed by atoms with Crippen LogP contribution in [-0.4, -0.2) is 63.8 Å². The van der Waals surface area contributed by atoms with E-state index in [4.69, 9.17) is 9.47 Å². The minimum Gasteiger partial charge on any atom is -0.482 e. The van der Waals surface area contributed by atoms with Crippen LogP contribution in [0.2, 0.25) is 0 Å². The van der Waals surface area contributed by atoms with Gasteiger partial charge in [-0.2, -0.15) is 9.61 Å². The maximum atomic E-state index is 14.4. The van der Waals surface area contributed by atoms with E-state index in [0.29, 0.717) is 23.0 Å². The van der Waals surface area contributed by atoms with E-state index in [1.165, 1.54) is 22.8 Å². The Kier molecular flexibility index (Phi) is 4.91. The number of hydrazine groups is 1. The number of alkyl halides is 2. The lowest BCUT2D eigenvalue weighted by Crippen LogP contribution is -2.62. The molecule has 4 heterocycles. The average molecular weight is 489 g/mol. The number of hydrogen-bond acceptors (Lipinski definition) is 8. The zero-order valence-corrected chi connectivity index (χ0v) is 18.6. The normalized spacial score (nSPS) is 22.4. The summed E-state index contributed by atoms with van der Waals surface area (Å²) in [6, 6.07) is 4.22. The lowest BCUT2D eigenvalue weighted by Gasteiger charge is -2.38. The molecule has 6 rings (SSSR count). The van der Waals surface area contributed by atoms with E-state index in [1.54, 1.807) is 13.1 Å². The molecule has 2 aromatic heterocycles. The third-order valence-corrected chi connectivity index (χ3v) is 6.30. The highest BCUT2D eigenvalue weighted by molar-refractivity contribution is 6.00. The predicted molar refractivity (Wildman–Crippen MR) is 119 cm³/mol. The molecule has 3 aromatic rings. The van der Waals surface area contributed by atoms with Gasteiger partial charge in [0.15, 0.2) is 17.1 Å². The standard InChI is InChI=1S/C22H22F3N7O3/c1-26-18-7-17(28-13-5-11(23)6-16-19(13)35-15-4-2-3-14(15)34-16)29-20-12(8-27-32(18)20)21(33)30-31-9-22(24,25)10-31/h5-8,14-15,26H,2-4,9-10H2,1H3,(H,28,29)(H,30,33)/t14-,15+/m0/s1. The van der Waals surface area contributed by atoms with E-state index in [2.05, 4.69) is 26.1 Å². The Hall–Kier alpha value is -3.74. The van der Waals surface area contributed by atoms with Crippen molar-refractivity contribution in [2.24, 2.45) is 0 Å². The third-order valence-electron chi connectivity index (χ3n) is 6.30. The molecule has 184 valence electrons. The zero-order valence-electron chi connectivity index (χ0n) is 18.6. The summed E-state index contributed by atoms with van der Waals surface area (Å²) in [5.74, 6) is -2.44. The SMILES string of the molecule is CNc1cc(Nc2cc(F)cc3c2O[C@@H]2CCC[C@@H]2O3)nc2c(C(=O)NN3CC(F)(F)C3)cnn12. The van der Waals surface area contributed by atoms with Crippen LogP contribution >= 0.6 is 0 Å². The Morgan fingerprint density at radius 1 is 1.17 bits per heavy atom. The van der Waals surface area contributed by atoms with Crippen molar-refractivity contribution in [3.8, 4) is 11.5 Å². The molecule has 1 saturated carbocycles. The number of nitrogens with one attached hydrogen (secondary N) is 3. The van der Waals surface area contributed by atoms with Crippen molar-refractivity contribution < 1.29 is 27.4 Å². The van der Waals surface area contributed by atoms with Gasteiger partial charge in [-0.05, 0) is 19.3 Å². The number of halogens is 3. The van der Waals surface area contributed by atoms with E-state index in [0.717, 1.165) is 24.3 Å². The van der Waals surface area contributed by atoms with Gasteiger partial charge in [-0.15, -0.1) is 0 Å². The summed E-state index contributed by atoms with van der Waals surface area (Å²) in [6.07, 6.45) is 3.79. The number of carbonyl (C=O) groups excluding carboxylic acids is 1. The van der Waals surface area contributed by atoms with Gasteiger partial charge < -0.3 is 20.1 Å². The van der Waals surface area contributed by atoms with Crippen molar-refractivity contribution in [2.45, 2.75) is 37.4 Å². The van der Waals surface area contributed by atoms with Gasteiger partial charge in [-0.1, -0.05) is 0 Å². The Bertz CT molecular complexity index is 1320. The second-order valence-corrected chi connectivity index (χ2v) is 8.87. The predicted octanol–water partition coefficient (Wildman–Crippen LogP) is 2.94. The largest absolute Gasteiger partial charge is 0.482 e. The maximum Gasteiger partial charge on any atom is 0.276 e. The molecule has 10 nitrogen and oxygen atoms in total. The second-order valence-electron chi connectivity index (χ2n) is 8.87. The minimum absolute atomic E-state index is 0.0926. The van der Waals surface area contributed by atoms with Crippen LogP contribution in [0.1, 0.15) is 29.6 Å². The highest BCUT2D eigenvalue weighted by Crippen LogP contribution is 2.45. The van der Waals surface area contributed by atoms with Crippen LogP contribution in [0, 0.1) is 5.82 Å². The van der Waals surface area contributed by atoms with Gasteiger partial charge in [-0.3, -0.25) is 10.2 Å². The van der Waals surface area contributed by atoms with E-state index in [9.17, 15) is 18.0 Å². The summed E-state index contributed by atoms with van der Waals surface area (Å²) < 4.78 is 54.2. The zero-order chi connectivity index (χ0) is 24.3. The molecule has 35 heavy (non-hydrogen) atoms. The second kappa shape index (κ2) is 7.90. The van der Waals surface area contributed by atoms with Crippen molar-refractivity contribution in [2.75, 3.05) is 30.8 Å². The molecule has 0 unspecified atom stereocenters. The minimum atomic E-state index is -2.82. The highest BCUT2D eigenvalue weighted by atomic mass is 19.3. The lowest BCUT2D eigenvalue weighted by atomic mass is 10.2. The molecule has 1 aromatic carbocycles. The van der Waals surface area contributed by atoms with Gasteiger partial charge in [-0.25, -0.2) is 23.2 Å². The molecule has 2 fully saturated rings. The molecule has 2 atom stereocenters. The average Bonchev–Trinajstić information content (AvgIpc) is 3.42. The number of anilines is 3. The van der Waals surface area contributed by atoms with Gasteiger partial charge in [0.05, 0.1) is 25.0 Å². The maximum absolute atomic E-state index is 14.4. The molecule has 13 heteroatoms. The van der Waals surface area contributed by atoms with Gasteiger partial charge in [0, 0.05) is 25.2 Å². The fourth-order valence-electron chi connectivity index (χ4n) is 4.64. The Morgan fingerprint density at radius 2 is 1.94 bits per heavy atom. The van der Waals surface area contributed by atoms with E-state index >= 15 is 0 Å². The van der Waals surface area contributed by atoms with Crippen molar-refractivity contribution in [1.29, 1.82) is 0 Å². The number of benzene rings is 1. The van der Waals surface area contributed by atoms with Crippen molar-refractivity contribution >= 4 is 28.9 Å². The van der Waals surface area contributed by atoms with Crippen LogP contribution in [0.4, 0.5) is 30.5 Å². The number of hydrogen-bond donors (Lipinski definition) is 3. The topological polar surface area (TPSA) is 105 Å². The van der Waals surface area contributed by atoms with Crippen molar-refractivity contribution in [1.82, 2.24) is 25.0 Å². The Balaban J connectivity index is 1.32. The number of ether oxygens (including phenoxy) is 2. The van der Waals surface area contributed by atoms with Crippen LogP contribution in [0.25, 0.3) is 5.65 Å². The number of aromatic nitrogens is 3. The molecule has 0 spiro atoms. The van der Waals surface area contributed by atoms with E-state index < -0.39 is 30.7 Å². The van der Waals surface area contributed by atoms with Crippen LogP contribution in [-0.2, 0) is 0 Å². The summed E-state index contributed by atoms with van der Waals surface area (Å²) >= 11 is 0. The Labute approximate surface area is 197 Å². The summed E-state index contributed by atoms with van der Waals surface area (Å²) in [6.45, 7) is -1.12. The third kappa shape index (κ3) is 3.85. The molecule has 0 radical (unpaired) electrons. The molecule has 3 aliphatic rings. The molecule has 2 aliphatic heterocycles. The van der Waals surface area contributed by atoms with Gasteiger partial charge in [0.25, 0.3) is 11.8 Å². The number of amides is 1. The summed E-state index contributed by atoms with van der Waals surface area (Å²) in [4.78, 5) is 17.2. The summed E-state index contributed by atoms with van der Waals surface area (Å²) in [5.41, 5.74) is 3.04. The molecule has 1 aliphatic carbocycles. The van der Waals surface area contributed by atoms with Crippen LogP contribution in [0.5, 0.6) is 11.5 Å². The number of nitrogens with zero attached hydrogens (tertiary/aromatic N) is 4. The first kappa shape index (κ1) is 21.8. The smallest absolute Gasteiger partial charge is 0.276 e. The van der Waals surface area contributed by atoms with Gasteiger partial charge >= 0.3 is 0 Å². The van der Waals surface area contributed by atoms with Gasteiger partial charge in [0.1, 0.15) is 35.2 Å². The van der Waals surface area contributed by atoms with Crippen molar-refractivity contribution in [3.05, 3.63) is 35.8 Å². The molecule has 0 bridgehead atoms. The highest BCUT2D eigenvalue weighted by Gasteiger charge is 2.45. The molecular formula is C22H22F3N7O3. The first-order valence-corrected chi connectivity index (χ1v) is 11.2. The number of rotatable bonds is 5. The van der Waals surface area contributed by atoms with E-state index in [1.807, 2.05) is 0 Å². The summed E-state index contributed by atoms with van der Waals surface area (Å²) in [7, 11) is 1.67. The fourth-order valence-corrected chi connectivity index (χ4v) is 4.64. The lowest BCUT2D eigenvalue weighted by molar-refractivity contribution is -0.144. The molecule has 1 amide bonds. The first-order chi connectivity index (χ1) is 16.8. The van der Waals surface area contributed by atoms with Gasteiger partial charge in [0.2, 0.25) is 0 Å². The molecular weight excluding hydrogens is 467 g/mol. The van der Waals surface area contributed by atoms with Crippen LogP contribution in [0.3, 0.4) is 0 Å². The quantitative estimate of drug-likeness (QED) is 0.503. The van der Waals surface area contributed by atoms with E-state index in [-0.39, 0.29) is 29.2 Å². The van der Waals surface area contributed by atoms with Crippen molar-refractivity contribution in [3.63, 3.8) is 0 Å². The monoisotopic (exact) mass is 489 g/mol.